The van der Waals surface area contributed by atoms with Crippen LogP contribution < -0.4 is 5.73 Å². The molecule has 3 N–H and O–H groups in total. The largest absolute Gasteiger partial charge is 0.481 e. The van der Waals surface area contributed by atoms with Gasteiger partial charge in [0.2, 0.25) is 0 Å². The van der Waals surface area contributed by atoms with Gasteiger partial charge in [0, 0.05) is 0 Å². The van der Waals surface area contributed by atoms with Gasteiger partial charge in [-0.3, -0.25) is 9.59 Å². The minimum Gasteiger partial charge on any atom is -0.481 e. The second-order valence-corrected chi connectivity index (χ2v) is 6.38. The first kappa shape index (κ1) is 21.1. The number of carboxylic acids is 1. The molecular formula is C18H35NO3. The fourth-order valence-corrected chi connectivity index (χ4v) is 3.10. The number of Topliss-reactive ketones (excluding diaryl/α,β-unsaturated/α-hetero) is 1. The molecule has 0 amide bonds. The Morgan fingerprint density at radius 1 is 0.909 bits per heavy atom. The molecule has 0 heterocycles. The smallest absolute Gasteiger partial charge is 0.314 e. The number of carbonyl (C=O) groups is 2. The average Bonchev–Trinajstić information content (AvgIpc) is 2.45. The minimum absolute atomic E-state index is 0.00518. The Balaban J connectivity index is 4.22. The van der Waals surface area contributed by atoms with Crippen molar-refractivity contribution < 1.29 is 14.7 Å². The number of unbranched alkanes of at least 4 members (excludes halogenated alkanes) is 7. The van der Waals surface area contributed by atoms with Crippen molar-refractivity contribution in [3.8, 4) is 0 Å². The Kier molecular flexibility index (Phi) is 13.2. The number of carbonyl (C=O) groups excluding carboxylic acids is 1. The van der Waals surface area contributed by atoms with Crippen molar-refractivity contribution >= 4 is 11.8 Å². The zero-order chi connectivity index (χ0) is 16.8. The molecule has 0 aliphatic heterocycles. The summed E-state index contributed by atoms with van der Waals surface area (Å²) in [5.41, 5.74) is 5.47. The number of rotatable bonds is 15. The van der Waals surface area contributed by atoms with E-state index in [-0.39, 0.29) is 11.7 Å². The summed E-state index contributed by atoms with van der Waals surface area (Å²) >= 11 is 0. The number of carboxylic acid groups (broad SMARTS) is 1. The molecule has 0 saturated heterocycles. The number of hydrogen-bond acceptors (Lipinski definition) is 3. The van der Waals surface area contributed by atoms with E-state index in [1.165, 1.54) is 26.2 Å². The summed E-state index contributed by atoms with van der Waals surface area (Å²) in [6.45, 7) is 4.31. The van der Waals surface area contributed by atoms with Gasteiger partial charge in [0.1, 0.15) is 11.7 Å². The Labute approximate surface area is 135 Å². The van der Waals surface area contributed by atoms with Crippen molar-refractivity contribution in [2.75, 3.05) is 6.54 Å². The summed E-state index contributed by atoms with van der Waals surface area (Å²) in [6.07, 6.45) is 11.8. The zero-order valence-electron chi connectivity index (χ0n) is 14.5. The van der Waals surface area contributed by atoms with Gasteiger partial charge < -0.3 is 10.8 Å². The van der Waals surface area contributed by atoms with Crippen molar-refractivity contribution in [1.82, 2.24) is 0 Å². The van der Waals surface area contributed by atoms with E-state index >= 15 is 0 Å². The predicted octanol–water partition coefficient (Wildman–Crippen LogP) is 4.16. The molecule has 0 spiro atoms. The molecule has 0 rings (SSSR count). The van der Waals surface area contributed by atoms with E-state index in [1.54, 1.807) is 0 Å². The molecule has 0 aromatic heterocycles. The average molecular weight is 313 g/mol. The lowest BCUT2D eigenvalue weighted by Gasteiger charge is -2.22. The monoisotopic (exact) mass is 313 g/mol. The van der Waals surface area contributed by atoms with Gasteiger partial charge in [-0.2, -0.15) is 0 Å². The van der Waals surface area contributed by atoms with E-state index in [4.69, 9.17) is 5.73 Å². The van der Waals surface area contributed by atoms with Crippen LogP contribution in [0, 0.1) is 11.8 Å². The van der Waals surface area contributed by atoms with Crippen LogP contribution in [-0.4, -0.2) is 23.4 Å². The second-order valence-electron chi connectivity index (χ2n) is 6.38. The van der Waals surface area contributed by atoms with E-state index < -0.39 is 11.9 Å². The molecule has 2 atom stereocenters. The van der Waals surface area contributed by atoms with Crippen molar-refractivity contribution in [2.45, 2.75) is 84.5 Å². The van der Waals surface area contributed by atoms with Crippen molar-refractivity contribution in [2.24, 2.45) is 17.6 Å². The molecular weight excluding hydrogens is 278 g/mol. The van der Waals surface area contributed by atoms with Gasteiger partial charge in [-0.25, -0.2) is 0 Å². The number of ketones is 1. The Morgan fingerprint density at radius 2 is 1.41 bits per heavy atom. The van der Waals surface area contributed by atoms with Gasteiger partial charge in [0.25, 0.3) is 0 Å². The van der Waals surface area contributed by atoms with Crippen molar-refractivity contribution in [3.05, 3.63) is 0 Å². The molecule has 2 unspecified atom stereocenters. The van der Waals surface area contributed by atoms with Gasteiger partial charge in [-0.1, -0.05) is 58.3 Å². The van der Waals surface area contributed by atoms with E-state index in [0.717, 1.165) is 57.9 Å². The van der Waals surface area contributed by atoms with Crippen LogP contribution in [0.1, 0.15) is 84.5 Å². The molecule has 0 bridgehead atoms. The SMILES string of the molecule is CCCCCC(CCCCCCCCN)C(C(C)=O)C(=O)O. The molecule has 22 heavy (non-hydrogen) atoms. The quantitative estimate of drug-likeness (QED) is 0.351. The highest BCUT2D eigenvalue weighted by atomic mass is 16.4. The van der Waals surface area contributed by atoms with Crippen LogP contribution in [0.2, 0.25) is 0 Å². The summed E-state index contributed by atoms with van der Waals surface area (Å²) in [4.78, 5) is 23.1. The predicted molar refractivity (Wildman–Crippen MR) is 90.8 cm³/mol. The summed E-state index contributed by atoms with van der Waals surface area (Å²) in [5.74, 6) is -1.95. The fraction of sp³-hybridized carbons (Fsp3) is 0.889. The maximum absolute atomic E-state index is 11.7. The maximum atomic E-state index is 11.7. The van der Waals surface area contributed by atoms with E-state index in [9.17, 15) is 14.7 Å². The third-order valence-corrected chi connectivity index (χ3v) is 4.38. The Morgan fingerprint density at radius 3 is 1.86 bits per heavy atom. The lowest BCUT2D eigenvalue weighted by Crippen LogP contribution is -2.30. The van der Waals surface area contributed by atoms with Crippen molar-refractivity contribution in [1.29, 1.82) is 0 Å². The molecule has 0 aromatic rings. The lowest BCUT2D eigenvalue weighted by molar-refractivity contribution is -0.148. The van der Waals surface area contributed by atoms with Gasteiger partial charge in [0.15, 0.2) is 0 Å². The van der Waals surface area contributed by atoms with Crippen LogP contribution in [0.3, 0.4) is 0 Å². The van der Waals surface area contributed by atoms with Crippen LogP contribution in [0.15, 0.2) is 0 Å². The molecule has 0 aliphatic rings. The highest BCUT2D eigenvalue weighted by Gasteiger charge is 2.31. The Hall–Kier alpha value is -0.900. The first-order chi connectivity index (χ1) is 10.5. The van der Waals surface area contributed by atoms with E-state index in [2.05, 4.69) is 6.92 Å². The van der Waals surface area contributed by atoms with Crippen LogP contribution in [0.5, 0.6) is 0 Å². The number of nitrogens with two attached hydrogens (primary N) is 1. The standard InChI is InChI=1S/C18H35NO3/c1-3-4-9-12-16(17(15(2)20)18(21)22)13-10-7-5-6-8-11-14-19/h16-17H,3-14,19H2,1-2H3,(H,21,22). The highest BCUT2D eigenvalue weighted by molar-refractivity contribution is 5.97. The van der Waals surface area contributed by atoms with E-state index in [1.807, 2.05) is 0 Å². The summed E-state index contributed by atoms with van der Waals surface area (Å²) in [5, 5.41) is 9.34. The summed E-state index contributed by atoms with van der Waals surface area (Å²) in [7, 11) is 0. The van der Waals surface area contributed by atoms with Crippen molar-refractivity contribution in [3.63, 3.8) is 0 Å². The maximum Gasteiger partial charge on any atom is 0.314 e. The Bertz CT molecular complexity index is 291. The van der Waals surface area contributed by atoms with Crippen LogP contribution in [0.25, 0.3) is 0 Å². The molecule has 0 saturated carbocycles. The highest BCUT2D eigenvalue weighted by Crippen LogP contribution is 2.27. The lowest BCUT2D eigenvalue weighted by atomic mass is 9.81. The van der Waals surface area contributed by atoms with E-state index in [0.29, 0.717) is 0 Å². The molecule has 130 valence electrons. The topological polar surface area (TPSA) is 80.4 Å². The van der Waals surface area contributed by atoms with Crippen LogP contribution in [0.4, 0.5) is 0 Å². The third-order valence-electron chi connectivity index (χ3n) is 4.38. The zero-order valence-corrected chi connectivity index (χ0v) is 14.5. The van der Waals surface area contributed by atoms with Crippen LogP contribution in [-0.2, 0) is 9.59 Å². The van der Waals surface area contributed by atoms with Gasteiger partial charge in [0.05, 0.1) is 0 Å². The van der Waals surface area contributed by atoms with Gasteiger partial charge >= 0.3 is 5.97 Å². The molecule has 4 heteroatoms. The second kappa shape index (κ2) is 13.7. The number of hydrogen-bond donors (Lipinski definition) is 2. The molecule has 0 aromatic carbocycles. The normalized spacial score (nSPS) is 13.8. The number of aliphatic carboxylic acids is 1. The molecule has 0 aliphatic carbocycles. The van der Waals surface area contributed by atoms with Gasteiger partial charge in [-0.05, 0) is 38.6 Å². The fourth-order valence-electron chi connectivity index (χ4n) is 3.10. The van der Waals surface area contributed by atoms with Crippen LogP contribution >= 0.6 is 0 Å². The van der Waals surface area contributed by atoms with Gasteiger partial charge in [-0.15, -0.1) is 0 Å². The molecule has 4 nitrogen and oxygen atoms in total. The summed E-state index contributed by atoms with van der Waals surface area (Å²) in [6, 6.07) is 0. The first-order valence-corrected chi connectivity index (χ1v) is 8.97. The summed E-state index contributed by atoms with van der Waals surface area (Å²) < 4.78 is 0. The molecule has 0 fully saturated rings. The minimum atomic E-state index is -0.947. The molecule has 0 radical (unpaired) electrons. The third kappa shape index (κ3) is 9.93. The first-order valence-electron chi connectivity index (χ1n) is 8.97.